The van der Waals surface area contributed by atoms with Gasteiger partial charge in [0.15, 0.2) is 0 Å². The van der Waals surface area contributed by atoms with Crippen molar-refractivity contribution in [3.8, 4) is 0 Å². The molecule has 0 bridgehead atoms. The monoisotopic (exact) mass is 391 g/mol. The molecule has 2 aromatic carbocycles. The van der Waals surface area contributed by atoms with Gasteiger partial charge in [-0.25, -0.2) is 0 Å². The molecule has 1 saturated heterocycles. The minimum Gasteiger partial charge on any atom is -0.368 e. The summed E-state index contributed by atoms with van der Waals surface area (Å²) in [5.74, 6) is -1.31. The number of carbonyl (C=O) groups excluding carboxylic acids is 2. The fourth-order valence-electron chi connectivity index (χ4n) is 2.92. The van der Waals surface area contributed by atoms with E-state index in [1.807, 2.05) is 19.1 Å². The number of piperazine rings is 1. The van der Waals surface area contributed by atoms with Crippen molar-refractivity contribution in [3.05, 3.63) is 58.1 Å². The van der Waals surface area contributed by atoms with E-state index in [4.69, 9.17) is 23.2 Å². The summed E-state index contributed by atoms with van der Waals surface area (Å²) in [7, 11) is 0. The lowest BCUT2D eigenvalue weighted by molar-refractivity contribution is -0.143. The predicted octanol–water partition coefficient (Wildman–Crippen LogP) is 3.59. The standard InChI is InChI=1S/C19H19Cl2N3O2/c1-13-4-2-5-14(12-13)23-8-10-24(11-9-23)19(26)18(25)22-17-15(20)6-3-7-16(17)21/h2-7,12H,8-11H2,1H3,(H,22,25). The van der Waals surface area contributed by atoms with Crippen LogP contribution in [0.5, 0.6) is 0 Å². The van der Waals surface area contributed by atoms with E-state index in [-0.39, 0.29) is 5.69 Å². The number of anilines is 2. The lowest BCUT2D eigenvalue weighted by Crippen LogP contribution is -2.51. The van der Waals surface area contributed by atoms with Gasteiger partial charge in [0.25, 0.3) is 0 Å². The van der Waals surface area contributed by atoms with Crippen LogP contribution in [0.15, 0.2) is 42.5 Å². The van der Waals surface area contributed by atoms with Crippen molar-refractivity contribution >= 4 is 46.4 Å². The molecule has 5 nitrogen and oxygen atoms in total. The Morgan fingerprint density at radius 2 is 1.58 bits per heavy atom. The van der Waals surface area contributed by atoms with Gasteiger partial charge in [-0.15, -0.1) is 0 Å². The van der Waals surface area contributed by atoms with Gasteiger partial charge in [0.05, 0.1) is 15.7 Å². The van der Waals surface area contributed by atoms with Gasteiger partial charge in [0, 0.05) is 31.9 Å². The van der Waals surface area contributed by atoms with Crippen molar-refractivity contribution in [2.24, 2.45) is 0 Å². The minimum atomic E-state index is -0.732. The summed E-state index contributed by atoms with van der Waals surface area (Å²) in [6.45, 7) is 4.37. The first-order valence-electron chi connectivity index (χ1n) is 8.31. The highest BCUT2D eigenvalue weighted by Gasteiger charge is 2.27. The Kier molecular flexibility index (Phi) is 5.69. The zero-order valence-corrected chi connectivity index (χ0v) is 15.8. The van der Waals surface area contributed by atoms with E-state index in [1.54, 1.807) is 23.1 Å². The number of nitrogens with one attached hydrogen (secondary N) is 1. The molecular weight excluding hydrogens is 373 g/mol. The van der Waals surface area contributed by atoms with Crippen LogP contribution in [-0.2, 0) is 9.59 Å². The highest BCUT2D eigenvalue weighted by molar-refractivity contribution is 6.44. The van der Waals surface area contributed by atoms with E-state index in [2.05, 4.69) is 22.3 Å². The largest absolute Gasteiger partial charge is 0.368 e. The Bertz CT molecular complexity index is 813. The van der Waals surface area contributed by atoms with Crippen LogP contribution in [0.1, 0.15) is 5.56 Å². The van der Waals surface area contributed by atoms with Crippen LogP contribution in [0.2, 0.25) is 10.0 Å². The number of hydrogen-bond donors (Lipinski definition) is 1. The molecular formula is C19H19Cl2N3O2. The topological polar surface area (TPSA) is 52.7 Å². The first-order valence-corrected chi connectivity index (χ1v) is 9.07. The molecule has 0 spiro atoms. The smallest absolute Gasteiger partial charge is 0.313 e. The van der Waals surface area contributed by atoms with Crippen molar-refractivity contribution in [2.75, 3.05) is 36.4 Å². The molecule has 2 amide bonds. The van der Waals surface area contributed by atoms with Crippen LogP contribution in [0.4, 0.5) is 11.4 Å². The quantitative estimate of drug-likeness (QED) is 0.795. The van der Waals surface area contributed by atoms with E-state index in [9.17, 15) is 9.59 Å². The van der Waals surface area contributed by atoms with Crippen LogP contribution >= 0.6 is 23.2 Å². The van der Waals surface area contributed by atoms with Crippen molar-refractivity contribution in [1.82, 2.24) is 4.90 Å². The molecule has 1 aliphatic rings. The molecule has 7 heteroatoms. The molecule has 0 saturated carbocycles. The predicted molar refractivity (Wildman–Crippen MR) is 105 cm³/mol. The average Bonchev–Trinajstić information content (AvgIpc) is 2.64. The molecule has 1 aliphatic heterocycles. The maximum Gasteiger partial charge on any atom is 0.313 e. The van der Waals surface area contributed by atoms with Gasteiger partial charge in [-0.05, 0) is 36.8 Å². The Balaban J connectivity index is 1.60. The van der Waals surface area contributed by atoms with Crippen molar-refractivity contribution < 1.29 is 9.59 Å². The molecule has 1 fully saturated rings. The molecule has 26 heavy (non-hydrogen) atoms. The molecule has 1 N–H and O–H groups in total. The average molecular weight is 392 g/mol. The second-order valence-electron chi connectivity index (χ2n) is 6.17. The van der Waals surface area contributed by atoms with Crippen LogP contribution in [0.3, 0.4) is 0 Å². The summed E-state index contributed by atoms with van der Waals surface area (Å²) in [5.41, 5.74) is 2.58. The Hall–Kier alpha value is -2.24. The number of para-hydroxylation sites is 1. The number of halogens is 2. The van der Waals surface area contributed by atoms with Gasteiger partial charge in [0.2, 0.25) is 0 Å². The Morgan fingerprint density at radius 1 is 0.962 bits per heavy atom. The lowest BCUT2D eigenvalue weighted by atomic mass is 10.2. The molecule has 0 radical (unpaired) electrons. The van der Waals surface area contributed by atoms with Crippen molar-refractivity contribution in [2.45, 2.75) is 6.92 Å². The highest BCUT2D eigenvalue weighted by atomic mass is 35.5. The third-order valence-electron chi connectivity index (χ3n) is 4.33. The summed E-state index contributed by atoms with van der Waals surface area (Å²) in [6.07, 6.45) is 0. The Labute approximate surface area is 162 Å². The molecule has 1 heterocycles. The van der Waals surface area contributed by atoms with Crippen LogP contribution in [-0.4, -0.2) is 42.9 Å². The van der Waals surface area contributed by atoms with E-state index in [1.165, 1.54) is 5.56 Å². The van der Waals surface area contributed by atoms with Gasteiger partial charge in [-0.2, -0.15) is 0 Å². The number of amides is 2. The normalized spacial score (nSPS) is 14.3. The second kappa shape index (κ2) is 7.98. The fourth-order valence-corrected chi connectivity index (χ4v) is 3.41. The first-order chi connectivity index (χ1) is 12.5. The van der Waals surface area contributed by atoms with Crippen LogP contribution in [0, 0.1) is 6.92 Å². The summed E-state index contributed by atoms with van der Waals surface area (Å²) in [4.78, 5) is 28.5. The summed E-state index contributed by atoms with van der Waals surface area (Å²) in [5, 5.41) is 3.11. The molecule has 0 aliphatic carbocycles. The van der Waals surface area contributed by atoms with Crippen molar-refractivity contribution in [3.63, 3.8) is 0 Å². The molecule has 3 rings (SSSR count). The third kappa shape index (κ3) is 4.11. The first kappa shape index (κ1) is 18.5. The number of benzene rings is 2. The van der Waals surface area contributed by atoms with Gasteiger partial charge in [-0.1, -0.05) is 41.4 Å². The van der Waals surface area contributed by atoms with Gasteiger partial charge < -0.3 is 15.1 Å². The number of nitrogens with zero attached hydrogens (tertiary/aromatic N) is 2. The van der Waals surface area contributed by atoms with E-state index < -0.39 is 11.8 Å². The fraction of sp³-hybridized carbons (Fsp3) is 0.263. The van der Waals surface area contributed by atoms with Gasteiger partial charge >= 0.3 is 11.8 Å². The van der Waals surface area contributed by atoms with E-state index >= 15 is 0 Å². The maximum atomic E-state index is 12.4. The Morgan fingerprint density at radius 3 is 2.19 bits per heavy atom. The number of rotatable bonds is 2. The molecule has 2 aromatic rings. The molecule has 0 aromatic heterocycles. The SMILES string of the molecule is Cc1cccc(N2CCN(C(=O)C(=O)Nc3c(Cl)cccc3Cl)CC2)c1. The lowest BCUT2D eigenvalue weighted by Gasteiger charge is -2.35. The molecule has 136 valence electrons. The van der Waals surface area contributed by atoms with E-state index in [0.717, 1.165) is 5.69 Å². The molecule has 0 atom stereocenters. The molecule has 0 unspecified atom stereocenters. The zero-order chi connectivity index (χ0) is 18.7. The number of aryl methyl sites for hydroxylation is 1. The summed E-state index contributed by atoms with van der Waals surface area (Å²) in [6, 6.07) is 13.1. The third-order valence-corrected chi connectivity index (χ3v) is 4.96. The van der Waals surface area contributed by atoms with Gasteiger partial charge in [0.1, 0.15) is 0 Å². The summed E-state index contributed by atoms with van der Waals surface area (Å²) >= 11 is 12.1. The summed E-state index contributed by atoms with van der Waals surface area (Å²) < 4.78 is 0. The number of hydrogen-bond acceptors (Lipinski definition) is 3. The van der Waals surface area contributed by atoms with Gasteiger partial charge in [-0.3, -0.25) is 9.59 Å². The van der Waals surface area contributed by atoms with Crippen LogP contribution in [0.25, 0.3) is 0 Å². The van der Waals surface area contributed by atoms with Crippen molar-refractivity contribution in [1.29, 1.82) is 0 Å². The zero-order valence-electron chi connectivity index (χ0n) is 14.3. The number of carbonyl (C=O) groups is 2. The highest BCUT2D eigenvalue weighted by Crippen LogP contribution is 2.29. The van der Waals surface area contributed by atoms with E-state index in [0.29, 0.717) is 36.2 Å². The van der Waals surface area contributed by atoms with Crippen LogP contribution < -0.4 is 10.2 Å². The minimum absolute atomic E-state index is 0.257. The maximum absolute atomic E-state index is 12.4. The second-order valence-corrected chi connectivity index (χ2v) is 6.98.